The normalized spacial score (nSPS) is 22.1. The summed E-state index contributed by atoms with van der Waals surface area (Å²) in [5.74, 6) is -0.505. The molecule has 2 aliphatic rings. The van der Waals surface area contributed by atoms with E-state index in [4.69, 9.17) is 0 Å². The van der Waals surface area contributed by atoms with Crippen molar-refractivity contribution in [3.05, 3.63) is 59.3 Å². The molecule has 0 spiro atoms. The topological polar surface area (TPSA) is 65.9 Å². The van der Waals surface area contributed by atoms with Crippen molar-refractivity contribution in [1.82, 2.24) is 14.8 Å². The van der Waals surface area contributed by atoms with Crippen LogP contribution in [0.5, 0.6) is 5.88 Å². The van der Waals surface area contributed by atoms with Gasteiger partial charge in [-0.2, -0.15) is 13.2 Å². The SMILES string of the molecule is O=C(c1ccc(OCC(F)(F)F)nc1)N1CC[C@@H](N2CCc3ccccc3C2)[C@H](O)C1. The molecule has 0 saturated carbocycles. The molecule has 1 amide bonds. The Bertz CT molecular complexity index is 920. The number of piperidine rings is 1. The van der Waals surface area contributed by atoms with Gasteiger partial charge in [0.05, 0.1) is 11.7 Å². The molecule has 31 heavy (non-hydrogen) atoms. The molecular formula is C22H24F3N3O3. The Morgan fingerprint density at radius 2 is 1.94 bits per heavy atom. The Labute approximate surface area is 178 Å². The molecule has 1 N–H and O–H groups in total. The highest BCUT2D eigenvalue weighted by Gasteiger charge is 2.35. The number of hydrogen-bond acceptors (Lipinski definition) is 5. The Kier molecular flexibility index (Phi) is 6.15. The van der Waals surface area contributed by atoms with Gasteiger partial charge in [0.15, 0.2) is 6.61 Å². The number of ether oxygens (including phenoxy) is 1. The molecule has 4 rings (SSSR count). The minimum atomic E-state index is -4.45. The lowest BCUT2D eigenvalue weighted by Gasteiger charge is -2.43. The van der Waals surface area contributed by atoms with E-state index < -0.39 is 18.9 Å². The zero-order valence-corrected chi connectivity index (χ0v) is 16.9. The van der Waals surface area contributed by atoms with E-state index in [0.717, 1.165) is 19.5 Å². The van der Waals surface area contributed by atoms with Crippen molar-refractivity contribution in [3.63, 3.8) is 0 Å². The first-order valence-corrected chi connectivity index (χ1v) is 10.2. The van der Waals surface area contributed by atoms with Crippen molar-refractivity contribution in [2.45, 2.75) is 37.7 Å². The molecule has 3 heterocycles. The lowest BCUT2D eigenvalue weighted by atomic mass is 9.94. The summed E-state index contributed by atoms with van der Waals surface area (Å²) in [7, 11) is 0. The van der Waals surface area contributed by atoms with Crippen molar-refractivity contribution in [1.29, 1.82) is 0 Å². The van der Waals surface area contributed by atoms with Gasteiger partial charge in [-0.05, 0) is 30.0 Å². The number of benzene rings is 1. The smallest absolute Gasteiger partial charge is 0.422 e. The number of likely N-dealkylation sites (tertiary alicyclic amines) is 1. The van der Waals surface area contributed by atoms with Gasteiger partial charge in [-0.25, -0.2) is 4.98 Å². The van der Waals surface area contributed by atoms with Crippen molar-refractivity contribution >= 4 is 5.91 Å². The van der Waals surface area contributed by atoms with Crippen LogP contribution >= 0.6 is 0 Å². The van der Waals surface area contributed by atoms with Crippen LogP contribution in [0.4, 0.5) is 13.2 Å². The molecule has 2 aliphatic heterocycles. The third kappa shape index (κ3) is 5.16. The number of fused-ring (bicyclic) bond motifs is 1. The van der Waals surface area contributed by atoms with Crippen LogP contribution < -0.4 is 4.74 Å². The van der Waals surface area contributed by atoms with Crippen molar-refractivity contribution in [2.75, 3.05) is 26.2 Å². The van der Waals surface area contributed by atoms with Crippen LogP contribution in [0, 0.1) is 0 Å². The second kappa shape index (κ2) is 8.84. The van der Waals surface area contributed by atoms with E-state index in [9.17, 15) is 23.1 Å². The van der Waals surface area contributed by atoms with Gasteiger partial charge in [0.25, 0.3) is 5.91 Å². The Hall–Kier alpha value is -2.65. The monoisotopic (exact) mass is 435 g/mol. The van der Waals surface area contributed by atoms with Crippen molar-refractivity contribution < 1.29 is 27.8 Å². The number of aliphatic hydroxyl groups is 1. The van der Waals surface area contributed by atoms with Gasteiger partial charge in [0, 0.05) is 44.5 Å². The number of rotatable bonds is 4. The van der Waals surface area contributed by atoms with Crippen LogP contribution in [-0.2, 0) is 13.0 Å². The van der Waals surface area contributed by atoms with Crippen LogP contribution in [-0.4, -0.2) is 70.4 Å². The fourth-order valence-electron chi connectivity index (χ4n) is 4.26. The maximum Gasteiger partial charge on any atom is 0.422 e. The molecule has 0 radical (unpaired) electrons. The number of β-amino-alcohol motifs (C(OH)–C–C–N with tert-alkyl or cyclic N) is 1. The quantitative estimate of drug-likeness (QED) is 0.800. The van der Waals surface area contributed by atoms with Gasteiger partial charge in [-0.1, -0.05) is 24.3 Å². The summed E-state index contributed by atoms with van der Waals surface area (Å²) in [6, 6.07) is 10.9. The number of pyridine rings is 1. The number of hydrogen-bond donors (Lipinski definition) is 1. The second-order valence-electron chi connectivity index (χ2n) is 7.95. The highest BCUT2D eigenvalue weighted by Crippen LogP contribution is 2.26. The van der Waals surface area contributed by atoms with Crippen molar-refractivity contribution in [3.8, 4) is 5.88 Å². The summed E-state index contributed by atoms with van der Waals surface area (Å²) < 4.78 is 41.2. The molecule has 1 saturated heterocycles. The highest BCUT2D eigenvalue weighted by molar-refractivity contribution is 5.94. The number of aromatic nitrogens is 1. The third-order valence-corrected chi connectivity index (χ3v) is 5.83. The first-order chi connectivity index (χ1) is 14.8. The molecule has 0 bridgehead atoms. The predicted molar refractivity (Wildman–Crippen MR) is 107 cm³/mol. The molecule has 1 fully saturated rings. The number of carbonyl (C=O) groups is 1. The van der Waals surface area contributed by atoms with Crippen LogP contribution in [0.2, 0.25) is 0 Å². The first-order valence-electron chi connectivity index (χ1n) is 10.2. The summed E-state index contributed by atoms with van der Waals surface area (Å²) in [5.41, 5.74) is 2.87. The van der Waals surface area contributed by atoms with Gasteiger partial charge in [0.2, 0.25) is 5.88 Å². The maximum atomic E-state index is 12.8. The van der Waals surface area contributed by atoms with Gasteiger partial charge in [0.1, 0.15) is 0 Å². The zero-order valence-electron chi connectivity index (χ0n) is 16.9. The summed E-state index contributed by atoms with van der Waals surface area (Å²) in [4.78, 5) is 20.4. The summed E-state index contributed by atoms with van der Waals surface area (Å²) in [6.07, 6.45) is -2.34. The van der Waals surface area contributed by atoms with E-state index >= 15 is 0 Å². The number of aliphatic hydroxyl groups excluding tert-OH is 1. The fraction of sp³-hybridized carbons (Fsp3) is 0.455. The van der Waals surface area contributed by atoms with Crippen LogP contribution in [0.3, 0.4) is 0 Å². The Morgan fingerprint density at radius 1 is 1.16 bits per heavy atom. The first kappa shape index (κ1) is 21.6. The number of nitrogens with zero attached hydrogens (tertiary/aromatic N) is 3. The minimum absolute atomic E-state index is 0.0197. The predicted octanol–water partition coefficient (Wildman–Crippen LogP) is 2.66. The van der Waals surface area contributed by atoms with E-state index in [1.165, 1.54) is 29.5 Å². The van der Waals surface area contributed by atoms with Gasteiger partial charge >= 0.3 is 6.18 Å². The number of amides is 1. The summed E-state index contributed by atoms with van der Waals surface area (Å²) in [6.45, 7) is 0.915. The molecule has 0 aliphatic carbocycles. The number of carbonyl (C=O) groups excluding carboxylic acids is 1. The summed E-state index contributed by atoms with van der Waals surface area (Å²) >= 11 is 0. The average molecular weight is 435 g/mol. The number of halogens is 3. The van der Waals surface area contributed by atoms with E-state index in [-0.39, 0.29) is 29.9 Å². The average Bonchev–Trinajstić information content (AvgIpc) is 2.76. The minimum Gasteiger partial charge on any atom is -0.468 e. The Morgan fingerprint density at radius 3 is 2.61 bits per heavy atom. The molecule has 2 atom stereocenters. The standard InChI is InChI=1S/C22H24F3N3O3/c23-22(24,25)14-31-20-6-5-16(11-26-20)21(30)28-10-8-18(19(29)13-28)27-9-7-15-3-1-2-4-17(15)12-27/h1-6,11,18-19,29H,7-10,12-14H2/t18-,19-/m1/s1. The van der Waals surface area contributed by atoms with Crippen LogP contribution in [0.1, 0.15) is 27.9 Å². The largest absolute Gasteiger partial charge is 0.468 e. The zero-order chi connectivity index (χ0) is 22.0. The van der Waals surface area contributed by atoms with E-state index in [1.54, 1.807) is 4.90 Å². The van der Waals surface area contributed by atoms with Gasteiger partial charge < -0.3 is 14.7 Å². The van der Waals surface area contributed by atoms with Crippen molar-refractivity contribution in [2.24, 2.45) is 0 Å². The van der Waals surface area contributed by atoms with Gasteiger partial charge in [-0.3, -0.25) is 9.69 Å². The number of alkyl halides is 3. The highest BCUT2D eigenvalue weighted by atomic mass is 19.4. The van der Waals surface area contributed by atoms with E-state index in [1.807, 2.05) is 12.1 Å². The molecule has 166 valence electrons. The lowest BCUT2D eigenvalue weighted by Crippen LogP contribution is -2.56. The van der Waals surface area contributed by atoms with Crippen LogP contribution in [0.25, 0.3) is 0 Å². The third-order valence-electron chi connectivity index (χ3n) is 5.83. The molecular weight excluding hydrogens is 411 g/mol. The maximum absolute atomic E-state index is 12.8. The molecule has 2 aromatic rings. The van der Waals surface area contributed by atoms with Gasteiger partial charge in [-0.15, -0.1) is 0 Å². The summed E-state index contributed by atoms with van der Waals surface area (Å²) in [5, 5.41) is 10.7. The molecule has 0 unspecified atom stereocenters. The molecule has 9 heteroatoms. The van der Waals surface area contributed by atoms with E-state index in [0.29, 0.717) is 13.0 Å². The van der Waals surface area contributed by atoms with E-state index in [2.05, 4.69) is 26.8 Å². The van der Waals surface area contributed by atoms with Crippen LogP contribution in [0.15, 0.2) is 42.6 Å². The Balaban J connectivity index is 1.34. The molecule has 1 aromatic heterocycles. The fourth-order valence-corrected chi connectivity index (χ4v) is 4.26. The molecule has 6 nitrogen and oxygen atoms in total. The molecule has 1 aromatic carbocycles. The second-order valence-corrected chi connectivity index (χ2v) is 7.95. The lowest BCUT2D eigenvalue weighted by molar-refractivity contribution is -0.154.